The van der Waals surface area contributed by atoms with E-state index in [0.717, 1.165) is 29.0 Å². The smallest absolute Gasteiger partial charge is 0.258 e. The van der Waals surface area contributed by atoms with Crippen molar-refractivity contribution in [3.05, 3.63) is 53.6 Å². The van der Waals surface area contributed by atoms with Crippen molar-refractivity contribution in [2.24, 2.45) is 5.92 Å². The first-order valence-electron chi connectivity index (χ1n) is 9.41. The standard InChI is InChI=1S/C22H27NO4/c1-15(2)22(17-8-9-19-20(13-17)26-11-5-10-25-19)23-21(24)14-27-18-7-4-6-16(3)12-18/h4,6-9,12-13,15,22H,5,10-11,14H2,1-3H3,(H,23,24)/t22-/m0/s1. The van der Waals surface area contributed by atoms with Gasteiger partial charge < -0.3 is 19.5 Å². The summed E-state index contributed by atoms with van der Waals surface area (Å²) in [5.41, 5.74) is 2.10. The molecule has 0 bridgehead atoms. The van der Waals surface area contributed by atoms with Crippen molar-refractivity contribution in [1.82, 2.24) is 5.32 Å². The molecule has 1 heterocycles. The van der Waals surface area contributed by atoms with E-state index in [9.17, 15) is 4.79 Å². The average molecular weight is 369 g/mol. The number of amides is 1. The summed E-state index contributed by atoms with van der Waals surface area (Å²) < 4.78 is 17.1. The highest BCUT2D eigenvalue weighted by molar-refractivity contribution is 5.78. The van der Waals surface area contributed by atoms with E-state index in [1.807, 2.05) is 49.4 Å². The van der Waals surface area contributed by atoms with E-state index < -0.39 is 0 Å². The fourth-order valence-electron chi connectivity index (χ4n) is 3.08. The minimum Gasteiger partial charge on any atom is -0.490 e. The Morgan fingerprint density at radius 3 is 2.63 bits per heavy atom. The van der Waals surface area contributed by atoms with Crippen LogP contribution in [0.15, 0.2) is 42.5 Å². The van der Waals surface area contributed by atoms with Crippen LogP contribution in [0.25, 0.3) is 0 Å². The number of carbonyl (C=O) groups excluding carboxylic acids is 1. The molecule has 27 heavy (non-hydrogen) atoms. The Morgan fingerprint density at radius 1 is 1.11 bits per heavy atom. The number of hydrogen-bond donors (Lipinski definition) is 1. The first-order valence-corrected chi connectivity index (χ1v) is 9.41. The van der Waals surface area contributed by atoms with Gasteiger partial charge in [-0.15, -0.1) is 0 Å². The van der Waals surface area contributed by atoms with E-state index in [-0.39, 0.29) is 24.5 Å². The van der Waals surface area contributed by atoms with Crippen molar-refractivity contribution in [2.75, 3.05) is 19.8 Å². The fourth-order valence-corrected chi connectivity index (χ4v) is 3.08. The summed E-state index contributed by atoms with van der Waals surface area (Å²) in [4.78, 5) is 12.4. The summed E-state index contributed by atoms with van der Waals surface area (Å²) in [6.07, 6.45) is 0.866. The Balaban J connectivity index is 1.66. The van der Waals surface area contributed by atoms with Gasteiger partial charge in [0.2, 0.25) is 0 Å². The zero-order valence-electron chi connectivity index (χ0n) is 16.2. The maximum atomic E-state index is 12.4. The second kappa shape index (κ2) is 8.80. The lowest BCUT2D eigenvalue weighted by atomic mass is 9.95. The first kappa shape index (κ1) is 19.1. The number of hydrogen-bond acceptors (Lipinski definition) is 4. The van der Waals surface area contributed by atoms with Crippen molar-refractivity contribution < 1.29 is 19.0 Å². The van der Waals surface area contributed by atoms with Gasteiger partial charge in [0.25, 0.3) is 5.91 Å². The van der Waals surface area contributed by atoms with E-state index in [2.05, 4.69) is 19.2 Å². The minimum atomic E-state index is -0.151. The van der Waals surface area contributed by atoms with Crippen molar-refractivity contribution in [3.8, 4) is 17.2 Å². The summed E-state index contributed by atoms with van der Waals surface area (Å²) in [6.45, 7) is 7.43. The molecule has 0 unspecified atom stereocenters. The highest BCUT2D eigenvalue weighted by Crippen LogP contribution is 2.34. The maximum Gasteiger partial charge on any atom is 0.258 e. The van der Waals surface area contributed by atoms with Gasteiger partial charge in [-0.05, 0) is 48.2 Å². The minimum absolute atomic E-state index is 0.0166. The van der Waals surface area contributed by atoms with Gasteiger partial charge in [-0.2, -0.15) is 0 Å². The van der Waals surface area contributed by atoms with Gasteiger partial charge in [-0.1, -0.05) is 32.0 Å². The van der Waals surface area contributed by atoms with Crippen LogP contribution in [0.1, 0.15) is 37.4 Å². The predicted octanol–water partition coefficient (Wildman–Crippen LogP) is 4.05. The van der Waals surface area contributed by atoms with Crippen LogP contribution in [0.3, 0.4) is 0 Å². The highest BCUT2D eigenvalue weighted by Gasteiger charge is 2.21. The van der Waals surface area contributed by atoms with Gasteiger partial charge in [-0.25, -0.2) is 0 Å². The van der Waals surface area contributed by atoms with Gasteiger partial charge in [0.1, 0.15) is 5.75 Å². The molecule has 0 aliphatic carbocycles. The van der Waals surface area contributed by atoms with Gasteiger partial charge in [0.15, 0.2) is 18.1 Å². The molecule has 1 aliphatic rings. The number of ether oxygens (including phenoxy) is 3. The predicted molar refractivity (Wildman–Crippen MR) is 104 cm³/mol. The van der Waals surface area contributed by atoms with Crippen LogP contribution < -0.4 is 19.5 Å². The van der Waals surface area contributed by atoms with E-state index in [1.54, 1.807) is 0 Å². The molecule has 0 radical (unpaired) electrons. The molecule has 144 valence electrons. The van der Waals surface area contributed by atoms with Crippen LogP contribution in [-0.2, 0) is 4.79 Å². The van der Waals surface area contributed by atoms with E-state index in [0.29, 0.717) is 19.0 Å². The zero-order valence-corrected chi connectivity index (χ0v) is 16.2. The molecule has 0 saturated heterocycles. The Bertz CT molecular complexity index is 788. The Kier molecular flexibility index (Phi) is 6.22. The van der Waals surface area contributed by atoms with Crippen LogP contribution in [0.5, 0.6) is 17.2 Å². The molecular formula is C22H27NO4. The summed E-state index contributed by atoms with van der Waals surface area (Å²) in [7, 11) is 0. The van der Waals surface area contributed by atoms with Crippen molar-refractivity contribution in [1.29, 1.82) is 0 Å². The quantitative estimate of drug-likeness (QED) is 0.835. The molecule has 3 rings (SSSR count). The second-order valence-corrected chi connectivity index (χ2v) is 7.15. The van der Waals surface area contributed by atoms with E-state index in [4.69, 9.17) is 14.2 Å². The normalized spacial score (nSPS) is 14.4. The van der Waals surface area contributed by atoms with Crippen molar-refractivity contribution >= 4 is 5.91 Å². The van der Waals surface area contributed by atoms with Crippen molar-refractivity contribution in [2.45, 2.75) is 33.2 Å². The molecule has 0 saturated carbocycles. The lowest BCUT2D eigenvalue weighted by molar-refractivity contribution is -0.124. The van der Waals surface area contributed by atoms with Crippen molar-refractivity contribution in [3.63, 3.8) is 0 Å². The Morgan fingerprint density at radius 2 is 1.89 bits per heavy atom. The van der Waals surface area contributed by atoms with Gasteiger partial charge >= 0.3 is 0 Å². The number of benzene rings is 2. The van der Waals surface area contributed by atoms with Gasteiger partial charge in [0, 0.05) is 6.42 Å². The number of carbonyl (C=O) groups is 1. The fraction of sp³-hybridized carbons (Fsp3) is 0.409. The molecule has 5 heteroatoms. The third-order valence-electron chi connectivity index (χ3n) is 4.47. The highest BCUT2D eigenvalue weighted by atomic mass is 16.5. The molecule has 1 aliphatic heterocycles. The lowest BCUT2D eigenvalue weighted by Gasteiger charge is -2.24. The molecule has 2 aromatic rings. The Labute approximate surface area is 160 Å². The maximum absolute atomic E-state index is 12.4. The summed E-state index contributed by atoms with van der Waals surface area (Å²) in [6, 6.07) is 13.4. The molecule has 1 amide bonds. The molecule has 5 nitrogen and oxygen atoms in total. The molecule has 0 fully saturated rings. The number of rotatable bonds is 6. The van der Waals surface area contributed by atoms with E-state index >= 15 is 0 Å². The number of aryl methyl sites for hydroxylation is 1. The largest absolute Gasteiger partial charge is 0.490 e. The zero-order chi connectivity index (χ0) is 19.2. The molecule has 0 spiro atoms. The monoisotopic (exact) mass is 369 g/mol. The van der Waals surface area contributed by atoms with Crippen LogP contribution in [0.4, 0.5) is 0 Å². The van der Waals surface area contributed by atoms with Crippen LogP contribution in [-0.4, -0.2) is 25.7 Å². The van der Waals surface area contributed by atoms with Crippen LogP contribution in [0.2, 0.25) is 0 Å². The number of fused-ring (bicyclic) bond motifs is 1. The molecular weight excluding hydrogens is 342 g/mol. The van der Waals surface area contributed by atoms with Gasteiger partial charge in [0.05, 0.1) is 19.3 Å². The summed E-state index contributed by atoms with van der Waals surface area (Å²) in [5.74, 6) is 2.26. The summed E-state index contributed by atoms with van der Waals surface area (Å²) in [5, 5.41) is 3.08. The molecule has 1 atom stereocenters. The lowest BCUT2D eigenvalue weighted by Crippen LogP contribution is -2.35. The average Bonchev–Trinajstić information content (AvgIpc) is 2.89. The van der Waals surface area contributed by atoms with Gasteiger partial charge in [-0.3, -0.25) is 4.79 Å². The van der Waals surface area contributed by atoms with E-state index in [1.165, 1.54) is 0 Å². The molecule has 0 aromatic heterocycles. The SMILES string of the molecule is Cc1cccc(OCC(=O)N[C@H](c2ccc3c(c2)OCCCO3)C(C)C)c1. The summed E-state index contributed by atoms with van der Waals surface area (Å²) >= 11 is 0. The van der Waals surface area contributed by atoms with Crippen LogP contribution in [0, 0.1) is 12.8 Å². The molecule has 1 N–H and O–H groups in total. The topological polar surface area (TPSA) is 56.8 Å². The van der Waals surface area contributed by atoms with Crippen LogP contribution >= 0.6 is 0 Å². The second-order valence-electron chi connectivity index (χ2n) is 7.15. The third kappa shape index (κ3) is 5.16. The Hall–Kier alpha value is -2.69. The number of nitrogens with one attached hydrogen (secondary N) is 1. The first-order chi connectivity index (χ1) is 13.0. The third-order valence-corrected chi connectivity index (χ3v) is 4.47. The molecule has 2 aromatic carbocycles.